The Kier molecular flexibility index (Phi) is 3.55. The predicted molar refractivity (Wildman–Crippen MR) is 56.6 cm³/mol. The average molecular weight is 207 g/mol. The minimum Gasteiger partial charge on any atom is -0.286 e. The van der Waals surface area contributed by atoms with Crippen molar-refractivity contribution in [3.63, 3.8) is 0 Å². The van der Waals surface area contributed by atoms with Crippen LogP contribution in [-0.2, 0) is 0 Å². The third-order valence-electron chi connectivity index (χ3n) is 2.28. The lowest BCUT2D eigenvalue weighted by atomic mass is 10.0. The molecular weight excluding hydrogens is 194 g/mol. The van der Waals surface area contributed by atoms with Crippen LogP contribution in [0.1, 0.15) is 29.3 Å². The number of carbonyl (C=O) groups is 1. The fraction of sp³-hybridized carbons (Fsp3) is 0.364. The summed E-state index contributed by atoms with van der Waals surface area (Å²) in [7, 11) is 0. The van der Waals surface area contributed by atoms with Gasteiger partial charge in [0.25, 0.3) is 6.04 Å². The summed E-state index contributed by atoms with van der Waals surface area (Å²) in [6.07, 6.45) is 0.222. The average Bonchev–Trinajstić information content (AvgIpc) is 2.19. The second-order valence-corrected chi connectivity index (χ2v) is 3.44. The molecule has 0 aliphatic rings. The minimum absolute atomic E-state index is 0.222. The van der Waals surface area contributed by atoms with E-state index in [1.54, 1.807) is 31.2 Å². The molecule has 0 amide bonds. The molecule has 80 valence electrons. The highest BCUT2D eigenvalue weighted by atomic mass is 16.6. The number of hydrogen-bond acceptors (Lipinski definition) is 3. The number of aryl methyl sites for hydroxylation is 1. The molecule has 0 heterocycles. The van der Waals surface area contributed by atoms with Crippen LogP contribution in [0, 0.1) is 17.0 Å². The zero-order valence-electron chi connectivity index (χ0n) is 8.77. The van der Waals surface area contributed by atoms with Crippen molar-refractivity contribution in [3.8, 4) is 0 Å². The van der Waals surface area contributed by atoms with Gasteiger partial charge in [-0.1, -0.05) is 36.8 Å². The van der Waals surface area contributed by atoms with E-state index in [2.05, 4.69) is 0 Å². The molecule has 0 bridgehead atoms. The van der Waals surface area contributed by atoms with E-state index in [9.17, 15) is 14.9 Å². The maximum Gasteiger partial charge on any atom is 0.274 e. The van der Waals surface area contributed by atoms with Gasteiger partial charge in [0, 0.05) is 16.9 Å². The monoisotopic (exact) mass is 207 g/mol. The van der Waals surface area contributed by atoms with E-state index in [4.69, 9.17) is 0 Å². The molecule has 0 radical (unpaired) electrons. The molecule has 4 nitrogen and oxygen atoms in total. The van der Waals surface area contributed by atoms with Crippen molar-refractivity contribution in [3.05, 3.63) is 45.5 Å². The third kappa shape index (κ3) is 2.62. The summed E-state index contributed by atoms with van der Waals surface area (Å²) in [6.45, 7) is 3.54. The van der Waals surface area contributed by atoms with E-state index in [1.807, 2.05) is 6.92 Å². The SMILES string of the molecule is CCC(C(=O)c1ccc(C)cc1)[N+](=O)[O-]. The Bertz CT molecular complexity index is 370. The second-order valence-electron chi connectivity index (χ2n) is 3.44. The van der Waals surface area contributed by atoms with Gasteiger partial charge >= 0.3 is 0 Å². The van der Waals surface area contributed by atoms with Crippen molar-refractivity contribution in [2.45, 2.75) is 26.3 Å². The number of Topliss-reactive ketones (excluding diaryl/α,β-unsaturated/α-hetero) is 1. The van der Waals surface area contributed by atoms with Gasteiger partial charge in [-0.05, 0) is 6.92 Å². The molecule has 1 unspecified atom stereocenters. The number of carbonyl (C=O) groups excluding carboxylic acids is 1. The number of benzene rings is 1. The summed E-state index contributed by atoms with van der Waals surface area (Å²) < 4.78 is 0. The van der Waals surface area contributed by atoms with Crippen molar-refractivity contribution >= 4 is 5.78 Å². The zero-order chi connectivity index (χ0) is 11.4. The highest BCUT2D eigenvalue weighted by Crippen LogP contribution is 2.10. The van der Waals surface area contributed by atoms with Crippen molar-refractivity contribution < 1.29 is 9.72 Å². The van der Waals surface area contributed by atoms with E-state index in [0.717, 1.165) is 5.56 Å². The number of ketones is 1. The van der Waals surface area contributed by atoms with E-state index < -0.39 is 16.7 Å². The molecule has 0 fully saturated rings. The summed E-state index contributed by atoms with van der Waals surface area (Å²) in [5.41, 5.74) is 1.44. The van der Waals surface area contributed by atoms with Crippen LogP contribution in [0.15, 0.2) is 24.3 Å². The highest BCUT2D eigenvalue weighted by Gasteiger charge is 2.28. The van der Waals surface area contributed by atoms with Crippen molar-refractivity contribution in [1.82, 2.24) is 0 Å². The van der Waals surface area contributed by atoms with Crippen LogP contribution in [-0.4, -0.2) is 16.7 Å². The van der Waals surface area contributed by atoms with Gasteiger partial charge in [-0.2, -0.15) is 0 Å². The van der Waals surface area contributed by atoms with Gasteiger partial charge in [0.05, 0.1) is 0 Å². The Balaban J connectivity index is 2.93. The molecule has 0 saturated heterocycles. The Hall–Kier alpha value is -1.71. The van der Waals surface area contributed by atoms with Crippen molar-refractivity contribution in [2.75, 3.05) is 0 Å². The van der Waals surface area contributed by atoms with Gasteiger partial charge in [-0.3, -0.25) is 14.9 Å². The van der Waals surface area contributed by atoms with Crippen LogP contribution in [0.4, 0.5) is 0 Å². The van der Waals surface area contributed by atoms with Gasteiger partial charge in [0.15, 0.2) is 0 Å². The quantitative estimate of drug-likeness (QED) is 0.432. The smallest absolute Gasteiger partial charge is 0.274 e. The number of rotatable bonds is 4. The predicted octanol–water partition coefficient (Wildman–Crippen LogP) is 2.23. The molecule has 1 atom stereocenters. The van der Waals surface area contributed by atoms with E-state index in [-0.39, 0.29) is 6.42 Å². The zero-order valence-corrected chi connectivity index (χ0v) is 8.77. The van der Waals surface area contributed by atoms with Gasteiger partial charge in [0.2, 0.25) is 5.78 Å². The van der Waals surface area contributed by atoms with Crippen molar-refractivity contribution in [2.24, 2.45) is 0 Å². The molecule has 0 aliphatic carbocycles. The summed E-state index contributed by atoms with van der Waals surface area (Å²) in [5.74, 6) is -0.414. The lowest BCUT2D eigenvalue weighted by molar-refractivity contribution is -0.505. The van der Waals surface area contributed by atoms with Crippen LogP contribution >= 0.6 is 0 Å². The van der Waals surface area contributed by atoms with Gasteiger partial charge < -0.3 is 0 Å². The summed E-state index contributed by atoms with van der Waals surface area (Å²) in [6, 6.07) is 5.70. The molecule has 1 rings (SSSR count). The Morgan fingerprint density at radius 3 is 2.33 bits per heavy atom. The summed E-state index contributed by atoms with van der Waals surface area (Å²) in [5, 5.41) is 10.6. The molecular formula is C11H13NO3. The van der Waals surface area contributed by atoms with E-state index >= 15 is 0 Å². The third-order valence-corrected chi connectivity index (χ3v) is 2.28. The van der Waals surface area contributed by atoms with Crippen LogP contribution < -0.4 is 0 Å². The van der Waals surface area contributed by atoms with Crippen LogP contribution in [0.5, 0.6) is 0 Å². The number of hydrogen-bond donors (Lipinski definition) is 0. The molecule has 1 aromatic carbocycles. The lowest BCUT2D eigenvalue weighted by Crippen LogP contribution is -2.28. The van der Waals surface area contributed by atoms with Gasteiger partial charge in [-0.25, -0.2) is 0 Å². The Morgan fingerprint density at radius 2 is 1.93 bits per heavy atom. The first kappa shape index (κ1) is 11.4. The van der Waals surface area contributed by atoms with E-state index in [0.29, 0.717) is 5.56 Å². The first-order chi connectivity index (χ1) is 7.06. The molecule has 1 aromatic rings. The molecule has 15 heavy (non-hydrogen) atoms. The van der Waals surface area contributed by atoms with Gasteiger partial charge in [-0.15, -0.1) is 0 Å². The number of nitrogens with zero attached hydrogens (tertiary/aromatic N) is 1. The summed E-state index contributed by atoms with van der Waals surface area (Å²) in [4.78, 5) is 21.8. The van der Waals surface area contributed by atoms with Crippen molar-refractivity contribution in [1.29, 1.82) is 0 Å². The summed E-state index contributed by atoms with van der Waals surface area (Å²) >= 11 is 0. The van der Waals surface area contributed by atoms with Gasteiger partial charge in [0.1, 0.15) is 0 Å². The fourth-order valence-electron chi connectivity index (χ4n) is 1.34. The van der Waals surface area contributed by atoms with Crippen LogP contribution in [0.3, 0.4) is 0 Å². The topological polar surface area (TPSA) is 60.2 Å². The maximum absolute atomic E-state index is 11.7. The Labute approximate surface area is 88.1 Å². The standard InChI is InChI=1S/C11H13NO3/c1-3-10(12(14)15)11(13)9-6-4-8(2)5-7-9/h4-7,10H,3H2,1-2H3. The second kappa shape index (κ2) is 4.68. The first-order valence-corrected chi connectivity index (χ1v) is 4.80. The first-order valence-electron chi connectivity index (χ1n) is 4.80. The maximum atomic E-state index is 11.7. The van der Waals surface area contributed by atoms with E-state index in [1.165, 1.54) is 0 Å². The normalized spacial score (nSPS) is 12.1. The Morgan fingerprint density at radius 1 is 1.40 bits per heavy atom. The van der Waals surface area contributed by atoms with Crippen LogP contribution in [0.25, 0.3) is 0 Å². The molecule has 0 saturated carbocycles. The minimum atomic E-state index is -1.12. The molecule has 0 aliphatic heterocycles. The largest absolute Gasteiger partial charge is 0.286 e. The molecule has 0 N–H and O–H groups in total. The number of nitro groups is 1. The molecule has 0 aromatic heterocycles. The van der Waals surface area contributed by atoms with Crippen LogP contribution in [0.2, 0.25) is 0 Å². The molecule has 0 spiro atoms. The lowest BCUT2D eigenvalue weighted by Gasteiger charge is -2.05. The molecule has 4 heteroatoms. The highest BCUT2D eigenvalue weighted by molar-refractivity contribution is 5.99. The fourth-order valence-corrected chi connectivity index (χ4v) is 1.34.